The lowest BCUT2D eigenvalue weighted by Gasteiger charge is -2.33. The molecule has 0 aliphatic carbocycles. The van der Waals surface area contributed by atoms with E-state index in [4.69, 9.17) is 18.0 Å². The molecule has 0 aromatic carbocycles. The van der Waals surface area contributed by atoms with Gasteiger partial charge in [-0.25, -0.2) is 0 Å². The Morgan fingerprint density at radius 2 is 1.90 bits per heavy atom. The molecule has 0 aliphatic rings. The fourth-order valence-electron chi connectivity index (χ4n) is 1.86. The SMILES string of the molecule is CCC(C)(C)NC(=O)C(C)N(CCC(N)=S)CC(C)C. The first kappa shape index (κ1) is 19.3. The van der Waals surface area contributed by atoms with Crippen molar-refractivity contribution in [2.24, 2.45) is 11.7 Å². The molecule has 20 heavy (non-hydrogen) atoms. The van der Waals surface area contributed by atoms with Crippen LogP contribution in [-0.2, 0) is 4.79 Å². The van der Waals surface area contributed by atoms with Crippen molar-refractivity contribution >= 4 is 23.1 Å². The highest BCUT2D eigenvalue weighted by molar-refractivity contribution is 7.80. The van der Waals surface area contributed by atoms with Crippen LogP contribution in [0.1, 0.15) is 54.4 Å². The fraction of sp³-hybridized carbons (Fsp3) is 0.867. The van der Waals surface area contributed by atoms with Gasteiger partial charge in [-0.1, -0.05) is 33.0 Å². The smallest absolute Gasteiger partial charge is 0.237 e. The van der Waals surface area contributed by atoms with Crippen LogP contribution in [0.25, 0.3) is 0 Å². The third-order valence-corrected chi connectivity index (χ3v) is 3.72. The van der Waals surface area contributed by atoms with Crippen LogP contribution >= 0.6 is 12.2 Å². The Hall–Kier alpha value is -0.680. The van der Waals surface area contributed by atoms with Crippen LogP contribution in [0.5, 0.6) is 0 Å². The third kappa shape index (κ3) is 7.80. The molecule has 0 aromatic rings. The molecule has 0 aliphatic heterocycles. The van der Waals surface area contributed by atoms with Gasteiger partial charge in [0.25, 0.3) is 0 Å². The molecule has 0 radical (unpaired) electrons. The highest BCUT2D eigenvalue weighted by Crippen LogP contribution is 2.11. The number of carbonyl (C=O) groups excluding carboxylic acids is 1. The monoisotopic (exact) mass is 301 g/mol. The predicted molar refractivity (Wildman–Crippen MR) is 89.8 cm³/mol. The second kappa shape index (κ2) is 8.57. The van der Waals surface area contributed by atoms with Crippen LogP contribution in [0.2, 0.25) is 0 Å². The molecular formula is C15H31N3OS. The Balaban J connectivity index is 4.70. The molecule has 4 nitrogen and oxygen atoms in total. The van der Waals surface area contributed by atoms with Gasteiger partial charge in [0, 0.05) is 25.0 Å². The molecule has 0 saturated heterocycles. The number of nitrogens with two attached hydrogens (primary N) is 1. The number of carbonyl (C=O) groups is 1. The summed E-state index contributed by atoms with van der Waals surface area (Å²) in [6.07, 6.45) is 1.55. The van der Waals surface area contributed by atoms with Gasteiger partial charge in [-0.05, 0) is 33.1 Å². The highest BCUT2D eigenvalue weighted by Gasteiger charge is 2.26. The van der Waals surface area contributed by atoms with Crippen molar-refractivity contribution in [2.45, 2.75) is 66.0 Å². The molecule has 1 amide bonds. The van der Waals surface area contributed by atoms with E-state index < -0.39 is 0 Å². The zero-order chi connectivity index (χ0) is 15.9. The number of rotatable bonds is 9. The quantitative estimate of drug-likeness (QED) is 0.642. The van der Waals surface area contributed by atoms with E-state index in [0.29, 0.717) is 17.3 Å². The molecule has 0 heterocycles. The maximum atomic E-state index is 12.4. The number of nitrogens with one attached hydrogen (secondary N) is 1. The van der Waals surface area contributed by atoms with Crippen molar-refractivity contribution < 1.29 is 4.79 Å². The molecule has 0 rings (SSSR count). The van der Waals surface area contributed by atoms with E-state index in [0.717, 1.165) is 19.5 Å². The van der Waals surface area contributed by atoms with Crippen LogP contribution < -0.4 is 11.1 Å². The maximum absolute atomic E-state index is 12.4. The zero-order valence-corrected chi connectivity index (χ0v) is 14.6. The number of amides is 1. The van der Waals surface area contributed by atoms with Crippen molar-refractivity contribution in [1.82, 2.24) is 10.2 Å². The second-order valence-corrected chi connectivity index (χ2v) is 7.03. The molecule has 0 spiro atoms. The topological polar surface area (TPSA) is 58.4 Å². The van der Waals surface area contributed by atoms with Crippen molar-refractivity contribution in [3.63, 3.8) is 0 Å². The van der Waals surface area contributed by atoms with Crippen molar-refractivity contribution in [2.75, 3.05) is 13.1 Å². The van der Waals surface area contributed by atoms with Crippen LogP contribution in [0.15, 0.2) is 0 Å². The van der Waals surface area contributed by atoms with Gasteiger partial charge in [0.05, 0.1) is 11.0 Å². The van der Waals surface area contributed by atoms with Gasteiger partial charge in [-0.2, -0.15) is 0 Å². The molecule has 1 unspecified atom stereocenters. The van der Waals surface area contributed by atoms with Crippen LogP contribution in [0, 0.1) is 5.92 Å². The molecule has 0 bridgehead atoms. The molecule has 1 atom stereocenters. The predicted octanol–water partition coefficient (Wildman–Crippen LogP) is 2.31. The summed E-state index contributed by atoms with van der Waals surface area (Å²) in [4.78, 5) is 15.0. The largest absolute Gasteiger partial charge is 0.393 e. The average Bonchev–Trinajstić information content (AvgIpc) is 2.32. The van der Waals surface area contributed by atoms with Gasteiger partial charge in [0.2, 0.25) is 5.91 Å². The Bertz CT molecular complexity index is 329. The summed E-state index contributed by atoms with van der Waals surface area (Å²) in [6, 6.07) is -0.169. The summed E-state index contributed by atoms with van der Waals surface area (Å²) in [5.41, 5.74) is 5.41. The van der Waals surface area contributed by atoms with Crippen molar-refractivity contribution in [3.05, 3.63) is 0 Å². The van der Waals surface area contributed by atoms with Gasteiger partial charge in [0.1, 0.15) is 0 Å². The Morgan fingerprint density at radius 1 is 1.35 bits per heavy atom. The van der Waals surface area contributed by atoms with Crippen molar-refractivity contribution in [1.29, 1.82) is 0 Å². The van der Waals surface area contributed by atoms with E-state index in [1.165, 1.54) is 0 Å². The van der Waals surface area contributed by atoms with Gasteiger partial charge >= 0.3 is 0 Å². The molecule has 118 valence electrons. The minimum atomic E-state index is -0.169. The van der Waals surface area contributed by atoms with Crippen LogP contribution in [0.3, 0.4) is 0 Å². The zero-order valence-electron chi connectivity index (χ0n) is 13.8. The summed E-state index contributed by atoms with van der Waals surface area (Å²) in [5, 5.41) is 3.10. The Labute approximate surface area is 129 Å². The van der Waals surface area contributed by atoms with E-state index in [9.17, 15) is 4.79 Å². The van der Waals surface area contributed by atoms with E-state index in [-0.39, 0.29) is 17.5 Å². The fourth-order valence-corrected chi connectivity index (χ4v) is 1.95. The lowest BCUT2D eigenvalue weighted by Crippen LogP contribution is -2.53. The standard InChI is InChI=1S/C15H31N3OS/c1-7-15(5,6)17-14(19)12(4)18(10-11(2)3)9-8-13(16)20/h11-12H,7-10H2,1-6H3,(H2,16,20)(H,17,19). The van der Waals surface area contributed by atoms with Crippen LogP contribution in [-0.4, -0.2) is 40.5 Å². The van der Waals surface area contributed by atoms with E-state index in [2.05, 4.69) is 31.0 Å². The average molecular weight is 302 g/mol. The molecular weight excluding hydrogens is 270 g/mol. The van der Waals surface area contributed by atoms with E-state index in [1.807, 2.05) is 20.8 Å². The Morgan fingerprint density at radius 3 is 2.30 bits per heavy atom. The normalized spacial score (nSPS) is 13.6. The number of thiocarbonyl (C=S) groups is 1. The number of hydrogen-bond acceptors (Lipinski definition) is 3. The Kier molecular flexibility index (Phi) is 8.28. The van der Waals surface area contributed by atoms with Gasteiger partial charge < -0.3 is 11.1 Å². The third-order valence-electron chi connectivity index (χ3n) is 3.52. The van der Waals surface area contributed by atoms with E-state index in [1.54, 1.807) is 0 Å². The number of nitrogens with zero attached hydrogens (tertiary/aromatic N) is 1. The summed E-state index contributed by atoms with van der Waals surface area (Å²) < 4.78 is 0. The summed E-state index contributed by atoms with van der Waals surface area (Å²) >= 11 is 4.94. The summed E-state index contributed by atoms with van der Waals surface area (Å²) in [7, 11) is 0. The molecule has 5 heteroatoms. The first-order chi connectivity index (χ1) is 9.09. The molecule has 0 fully saturated rings. The van der Waals surface area contributed by atoms with Gasteiger partial charge in [0.15, 0.2) is 0 Å². The number of hydrogen-bond donors (Lipinski definition) is 2. The molecule has 0 aromatic heterocycles. The summed E-state index contributed by atoms with van der Waals surface area (Å²) in [5.74, 6) is 0.566. The van der Waals surface area contributed by atoms with Gasteiger partial charge in [-0.15, -0.1) is 0 Å². The first-order valence-electron chi connectivity index (χ1n) is 7.43. The minimum absolute atomic E-state index is 0.0699. The van der Waals surface area contributed by atoms with Gasteiger partial charge in [-0.3, -0.25) is 9.69 Å². The maximum Gasteiger partial charge on any atom is 0.237 e. The first-order valence-corrected chi connectivity index (χ1v) is 7.84. The van der Waals surface area contributed by atoms with E-state index >= 15 is 0 Å². The lowest BCUT2D eigenvalue weighted by molar-refractivity contribution is -0.127. The minimum Gasteiger partial charge on any atom is -0.393 e. The molecule has 3 N–H and O–H groups in total. The van der Waals surface area contributed by atoms with Crippen molar-refractivity contribution in [3.8, 4) is 0 Å². The molecule has 0 saturated carbocycles. The second-order valence-electron chi connectivity index (χ2n) is 6.51. The summed E-state index contributed by atoms with van der Waals surface area (Å²) in [6.45, 7) is 14.0. The highest BCUT2D eigenvalue weighted by atomic mass is 32.1. The lowest BCUT2D eigenvalue weighted by atomic mass is 10.0. The van der Waals surface area contributed by atoms with Crippen LogP contribution in [0.4, 0.5) is 0 Å².